The number of carbonyl (C=O) groups excluding carboxylic acids is 2. The Hall–Kier alpha value is -2.31. The smallest absolute Gasteiger partial charge is 0.306 e. The summed E-state index contributed by atoms with van der Waals surface area (Å²) in [6.07, 6.45) is 2.65. The van der Waals surface area contributed by atoms with E-state index in [1.165, 1.54) is 0 Å². The predicted molar refractivity (Wildman–Crippen MR) is 114 cm³/mol. The van der Waals surface area contributed by atoms with E-state index in [1.807, 2.05) is 19.9 Å². The van der Waals surface area contributed by atoms with Crippen LogP contribution >= 0.6 is 23.2 Å². The van der Waals surface area contributed by atoms with Crippen molar-refractivity contribution in [3.8, 4) is 0 Å². The Morgan fingerprint density at radius 1 is 1.24 bits per heavy atom. The van der Waals surface area contributed by atoms with Crippen LogP contribution in [0.15, 0.2) is 30.5 Å². The number of rotatable bonds is 6. The fourth-order valence-electron chi connectivity index (χ4n) is 3.22. The standard InChI is InChI=1S/C21H23Cl2N3O3/c1-12(2)17-9-19(26-16-7-14(22)6-15(23)8-16)24-11-18(17)21(28)25-10-13-3-4-29-20(27)5-13/h6-9,11-13H,3-5,10H2,1-2H3,(H,24,26)(H,25,28). The van der Waals surface area contributed by atoms with Crippen LogP contribution in [0.3, 0.4) is 0 Å². The van der Waals surface area contributed by atoms with E-state index in [2.05, 4.69) is 15.6 Å². The maximum atomic E-state index is 12.7. The third-order valence-corrected chi connectivity index (χ3v) is 5.17. The number of aromatic nitrogens is 1. The Morgan fingerprint density at radius 2 is 1.97 bits per heavy atom. The number of amides is 1. The minimum atomic E-state index is -0.211. The number of hydrogen-bond acceptors (Lipinski definition) is 5. The maximum Gasteiger partial charge on any atom is 0.306 e. The lowest BCUT2D eigenvalue weighted by Crippen LogP contribution is -2.34. The first-order valence-electron chi connectivity index (χ1n) is 9.48. The quantitative estimate of drug-likeness (QED) is 0.628. The lowest BCUT2D eigenvalue weighted by atomic mass is 9.97. The zero-order valence-electron chi connectivity index (χ0n) is 16.3. The lowest BCUT2D eigenvalue weighted by Gasteiger charge is -2.22. The number of nitrogens with zero attached hydrogens (tertiary/aromatic N) is 1. The van der Waals surface area contributed by atoms with E-state index in [1.54, 1.807) is 24.4 Å². The van der Waals surface area contributed by atoms with Crippen molar-refractivity contribution in [3.05, 3.63) is 51.6 Å². The highest BCUT2D eigenvalue weighted by Crippen LogP contribution is 2.27. The first-order chi connectivity index (χ1) is 13.8. The number of halogens is 2. The Bertz CT molecular complexity index is 898. The third kappa shape index (κ3) is 5.84. The molecule has 0 saturated carbocycles. The van der Waals surface area contributed by atoms with Crippen molar-refractivity contribution in [1.29, 1.82) is 0 Å². The summed E-state index contributed by atoms with van der Waals surface area (Å²) in [6, 6.07) is 7.01. The number of benzene rings is 1. The maximum absolute atomic E-state index is 12.7. The molecule has 6 nitrogen and oxygen atoms in total. The predicted octanol–water partition coefficient (Wildman–Crippen LogP) is 4.94. The van der Waals surface area contributed by atoms with Crippen LogP contribution in [0.4, 0.5) is 11.5 Å². The van der Waals surface area contributed by atoms with Gasteiger partial charge in [0.15, 0.2) is 0 Å². The van der Waals surface area contributed by atoms with E-state index in [0.717, 1.165) is 12.0 Å². The number of hydrogen-bond donors (Lipinski definition) is 2. The molecule has 0 aliphatic carbocycles. The highest BCUT2D eigenvalue weighted by molar-refractivity contribution is 6.35. The summed E-state index contributed by atoms with van der Waals surface area (Å²) in [5, 5.41) is 7.14. The SMILES string of the molecule is CC(C)c1cc(Nc2cc(Cl)cc(Cl)c2)ncc1C(=O)NCC1CCOC(=O)C1. The Balaban J connectivity index is 1.73. The van der Waals surface area contributed by atoms with Crippen molar-refractivity contribution >= 4 is 46.6 Å². The normalized spacial score (nSPS) is 16.4. The Kier molecular flexibility index (Phi) is 6.98. The average molecular weight is 436 g/mol. The van der Waals surface area contributed by atoms with E-state index >= 15 is 0 Å². The first kappa shape index (κ1) is 21.4. The molecule has 0 bridgehead atoms. The molecule has 1 aliphatic heterocycles. The van der Waals surface area contributed by atoms with Crippen LogP contribution in [0.1, 0.15) is 48.5 Å². The molecule has 8 heteroatoms. The molecule has 1 fully saturated rings. The monoisotopic (exact) mass is 435 g/mol. The van der Waals surface area contributed by atoms with Gasteiger partial charge in [0.05, 0.1) is 18.6 Å². The van der Waals surface area contributed by atoms with Gasteiger partial charge in [-0.25, -0.2) is 4.98 Å². The van der Waals surface area contributed by atoms with E-state index < -0.39 is 0 Å². The number of nitrogens with one attached hydrogen (secondary N) is 2. The second-order valence-corrected chi connectivity index (χ2v) is 8.26. The molecule has 154 valence electrons. The van der Waals surface area contributed by atoms with Crippen molar-refractivity contribution in [1.82, 2.24) is 10.3 Å². The Labute approximate surface area is 179 Å². The van der Waals surface area contributed by atoms with Crippen molar-refractivity contribution < 1.29 is 14.3 Å². The van der Waals surface area contributed by atoms with E-state index in [0.29, 0.717) is 46.7 Å². The van der Waals surface area contributed by atoms with Gasteiger partial charge in [-0.2, -0.15) is 0 Å². The third-order valence-electron chi connectivity index (χ3n) is 4.73. The number of esters is 1. The minimum absolute atomic E-state index is 0.101. The molecule has 2 aromatic rings. The fraction of sp³-hybridized carbons (Fsp3) is 0.381. The van der Waals surface area contributed by atoms with Gasteiger partial charge in [-0.05, 0) is 48.1 Å². The zero-order valence-corrected chi connectivity index (χ0v) is 17.8. The van der Waals surface area contributed by atoms with Crippen molar-refractivity contribution in [2.45, 2.75) is 32.6 Å². The van der Waals surface area contributed by atoms with Crippen LogP contribution in [-0.4, -0.2) is 30.0 Å². The first-order valence-corrected chi connectivity index (χ1v) is 10.2. The lowest BCUT2D eigenvalue weighted by molar-refractivity contribution is -0.149. The van der Waals surface area contributed by atoms with Gasteiger partial charge in [0, 0.05) is 28.5 Å². The highest BCUT2D eigenvalue weighted by Gasteiger charge is 2.22. The van der Waals surface area contributed by atoms with E-state index in [-0.39, 0.29) is 23.7 Å². The summed E-state index contributed by atoms with van der Waals surface area (Å²) in [4.78, 5) is 28.5. The van der Waals surface area contributed by atoms with Gasteiger partial charge in [0.25, 0.3) is 5.91 Å². The summed E-state index contributed by atoms with van der Waals surface area (Å²) in [5.74, 6) is 0.406. The zero-order chi connectivity index (χ0) is 21.0. The van der Waals surface area contributed by atoms with Crippen LogP contribution in [0.5, 0.6) is 0 Å². The number of cyclic esters (lactones) is 1. The van der Waals surface area contributed by atoms with Gasteiger partial charge in [-0.1, -0.05) is 37.0 Å². The largest absolute Gasteiger partial charge is 0.466 e. The molecular weight excluding hydrogens is 413 g/mol. The van der Waals surface area contributed by atoms with Crippen molar-refractivity contribution in [3.63, 3.8) is 0 Å². The number of ether oxygens (including phenoxy) is 1. The molecule has 1 aliphatic rings. The Morgan fingerprint density at radius 3 is 2.62 bits per heavy atom. The van der Waals surface area contributed by atoms with Crippen LogP contribution < -0.4 is 10.6 Å². The van der Waals surface area contributed by atoms with Gasteiger partial charge >= 0.3 is 5.97 Å². The second-order valence-electron chi connectivity index (χ2n) is 7.38. The van der Waals surface area contributed by atoms with Crippen molar-refractivity contribution in [2.75, 3.05) is 18.5 Å². The molecule has 1 amide bonds. The van der Waals surface area contributed by atoms with Crippen LogP contribution in [0, 0.1) is 5.92 Å². The average Bonchev–Trinajstić information content (AvgIpc) is 2.65. The summed E-state index contributed by atoms with van der Waals surface area (Å²) in [5.41, 5.74) is 2.11. The summed E-state index contributed by atoms with van der Waals surface area (Å²) >= 11 is 12.1. The topological polar surface area (TPSA) is 80.3 Å². The molecule has 3 rings (SSSR count). The molecule has 2 heterocycles. The van der Waals surface area contributed by atoms with Crippen LogP contribution in [0.2, 0.25) is 10.0 Å². The van der Waals surface area contributed by atoms with Gasteiger partial charge in [0.2, 0.25) is 0 Å². The summed E-state index contributed by atoms with van der Waals surface area (Å²) in [6.45, 7) is 4.88. The molecule has 29 heavy (non-hydrogen) atoms. The number of anilines is 2. The van der Waals surface area contributed by atoms with E-state index in [4.69, 9.17) is 27.9 Å². The minimum Gasteiger partial charge on any atom is -0.466 e. The van der Waals surface area contributed by atoms with Crippen LogP contribution in [0.25, 0.3) is 0 Å². The molecule has 1 aromatic heterocycles. The number of pyridine rings is 1. The fourth-order valence-corrected chi connectivity index (χ4v) is 3.75. The van der Waals surface area contributed by atoms with Crippen LogP contribution in [-0.2, 0) is 9.53 Å². The second kappa shape index (κ2) is 9.46. The highest BCUT2D eigenvalue weighted by atomic mass is 35.5. The van der Waals surface area contributed by atoms with Crippen molar-refractivity contribution in [2.24, 2.45) is 5.92 Å². The molecule has 1 unspecified atom stereocenters. The number of carbonyl (C=O) groups is 2. The van der Waals surface area contributed by atoms with Gasteiger partial charge in [-0.15, -0.1) is 0 Å². The molecule has 0 spiro atoms. The van der Waals surface area contributed by atoms with Gasteiger partial charge < -0.3 is 15.4 Å². The molecule has 1 saturated heterocycles. The molecule has 1 aromatic carbocycles. The molecule has 0 radical (unpaired) electrons. The van der Waals surface area contributed by atoms with E-state index in [9.17, 15) is 9.59 Å². The molecular formula is C21H23Cl2N3O3. The summed E-state index contributed by atoms with van der Waals surface area (Å²) < 4.78 is 4.94. The molecule has 2 N–H and O–H groups in total. The van der Waals surface area contributed by atoms with Gasteiger partial charge in [0.1, 0.15) is 5.82 Å². The summed E-state index contributed by atoms with van der Waals surface area (Å²) in [7, 11) is 0. The van der Waals surface area contributed by atoms with Gasteiger partial charge in [-0.3, -0.25) is 9.59 Å². The molecule has 1 atom stereocenters.